The zero-order chi connectivity index (χ0) is 9.68. The molecule has 1 atom stereocenters. The van der Waals surface area contributed by atoms with E-state index in [1.165, 1.54) is 6.08 Å². The van der Waals surface area contributed by atoms with Gasteiger partial charge in [0.1, 0.15) is 5.76 Å². The van der Waals surface area contributed by atoms with Gasteiger partial charge in [-0.3, -0.25) is 4.79 Å². The molecule has 0 fully saturated rings. The van der Waals surface area contributed by atoms with E-state index in [2.05, 4.69) is 5.32 Å². The summed E-state index contributed by atoms with van der Waals surface area (Å²) in [6, 6.07) is 3.55. The molecule has 0 saturated carbocycles. The van der Waals surface area contributed by atoms with Crippen LogP contribution in [0.25, 0.3) is 0 Å². The predicted molar refractivity (Wildman–Crippen MR) is 50.1 cm³/mol. The van der Waals surface area contributed by atoms with Crippen LogP contribution in [0, 0.1) is 0 Å². The van der Waals surface area contributed by atoms with E-state index in [1.54, 1.807) is 25.3 Å². The summed E-state index contributed by atoms with van der Waals surface area (Å²) < 4.78 is 5.14. The molecule has 0 saturated heterocycles. The third-order valence-corrected chi connectivity index (χ3v) is 1.65. The van der Waals surface area contributed by atoms with E-state index < -0.39 is 0 Å². The van der Waals surface area contributed by atoms with Gasteiger partial charge in [0, 0.05) is 0 Å². The van der Waals surface area contributed by atoms with E-state index in [-0.39, 0.29) is 11.9 Å². The summed E-state index contributed by atoms with van der Waals surface area (Å²) in [5.74, 6) is 0.657. The van der Waals surface area contributed by atoms with Crippen LogP contribution < -0.4 is 5.32 Å². The van der Waals surface area contributed by atoms with Gasteiger partial charge in [-0.1, -0.05) is 6.08 Å². The second-order valence-electron chi connectivity index (χ2n) is 2.75. The number of furan rings is 1. The highest BCUT2D eigenvalue weighted by molar-refractivity contribution is 5.87. The normalized spacial score (nSPS) is 13.1. The van der Waals surface area contributed by atoms with Crippen LogP contribution >= 0.6 is 0 Å². The van der Waals surface area contributed by atoms with E-state index in [4.69, 9.17) is 4.42 Å². The smallest absolute Gasteiger partial charge is 0.244 e. The molecular formula is C10H13NO2. The first-order valence-electron chi connectivity index (χ1n) is 4.20. The van der Waals surface area contributed by atoms with Crippen LogP contribution in [0.4, 0.5) is 0 Å². The lowest BCUT2D eigenvalue weighted by Crippen LogP contribution is -2.24. The van der Waals surface area contributed by atoms with Gasteiger partial charge in [0.05, 0.1) is 12.3 Å². The minimum absolute atomic E-state index is 0.0845. The Hall–Kier alpha value is -1.51. The highest BCUT2D eigenvalue weighted by atomic mass is 16.3. The number of nitrogens with one attached hydrogen (secondary N) is 1. The topological polar surface area (TPSA) is 42.2 Å². The van der Waals surface area contributed by atoms with E-state index in [0.717, 1.165) is 5.76 Å². The monoisotopic (exact) mass is 179 g/mol. The number of hydrogen-bond acceptors (Lipinski definition) is 2. The predicted octanol–water partition coefficient (Wildman–Crippen LogP) is 2.03. The lowest BCUT2D eigenvalue weighted by molar-refractivity contribution is -0.117. The average molecular weight is 179 g/mol. The zero-order valence-electron chi connectivity index (χ0n) is 7.78. The lowest BCUT2D eigenvalue weighted by atomic mass is 10.2. The van der Waals surface area contributed by atoms with Crippen molar-refractivity contribution in [3.05, 3.63) is 36.3 Å². The molecule has 3 heteroatoms. The van der Waals surface area contributed by atoms with Gasteiger partial charge in [-0.2, -0.15) is 0 Å². The summed E-state index contributed by atoms with van der Waals surface area (Å²) in [5.41, 5.74) is 0. The number of carbonyl (C=O) groups is 1. The van der Waals surface area contributed by atoms with Gasteiger partial charge < -0.3 is 9.73 Å². The number of amides is 1. The Balaban J connectivity index is 2.51. The third kappa shape index (κ3) is 2.78. The van der Waals surface area contributed by atoms with E-state index in [9.17, 15) is 4.79 Å². The van der Waals surface area contributed by atoms with Crippen molar-refractivity contribution in [2.45, 2.75) is 19.9 Å². The molecule has 0 bridgehead atoms. The molecule has 70 valence electrons. The zero-order valence-corrected chi connectivity index (χ0v) is 7.78. The summed E-state index contributed by atoms with van der Waals surface area (Å²) >= 11 is 0. The number of carbonyl (C=O) groups excluding carboxylic acids is 1. The molecule has 0 unspecified atom stereocenters. The quantitative estimate of drug-likeness (QED) is 0.721. The van der Waals surface area contributed by atoms with E-state index in [1.807, 2.05) is 13.0 Å². The summed E-state index contributed by atoms with van der Waals surface area (Å²) in [7, 11) is 0. The van der Waals surface area contributed by atoms with Crippen molar-refractivity contribution < 1.29 is 9.21 Å². The lowest BCUT2D eigenvalue weighted by Gasteiger charge is -2.08. The van der Waals surface area contributed by atoms with Crippen LogP contribution in [-0.4, -0.2) is 5.91 Å². The number of hydrogen-bond donors (Lipinski definition) is 1. The van der Waals surface area contributed by atoms with Crippen molar-refractivity contribution in [1.82, 2.24) is 5.32 Å². The van der Waals surface area contributed by atoms with E-state index in [0.29, 0.717) is 0 Å². The Bertz CT molecular complexity index is 288. The van der Waals surface area contributed by atoms with Crippen LogP contribution in [-0.2, 0) is 4.79 Å². The van der Waals surface area contributed by atoms with Gasteiger partial charge in [0.15, 0.2) is 0 Å². The van der Waals surface area contributed by atoms with Gasteiger partial charge in [-0.15, -0.1) is 0 Å². The fraction of sp³-hybridized carbons (Fsp3) is 0.300. The number of rotatable bonds is 3. The molecule has 0 aromatic carbocycles. The van der Waals surface area contributed by atoms with Gasteiger partial charge in [-0.05, 0) is 32.1 Å². The maximum absolute atomic E-state index is 11.1. The molecule has 0 spiro atoms. The molecule has 0 radical (unpaired) electrons. The maximum Gasteiger partial charge on any atom is 0.244 e. The standard InChI is InChI=1S/C10H13NO2/c1-3-5-10(12)11-8(2)9-6-4-7-13-9/h3-8H,1-2H3,(H,11,12)/b5-3+/t8-/m0/s1. The van der Waals surface area contributed by atoms with Crippen molar-refractivity contribution in [3.63, 3.8) is 0 Å². The Kier molecular flexibility index (Phi) is 3.31. The molecule has 0 aliphatic heterocycles. The first-order chi connectivity index (χ1) is 6.24. The molecule has 0 aliphatic rings. The largest absolute Gasteiger partial charge is 0.467 e. The van der Waals surface area contributed by atoms with Crippen LogP contribution in [0.2, 0.25) is 0 Å². The molecule has 1 aromatic heterocycles. The summed E-state index contributed by atoms with van der Waals surface area (Å²) in [6.45, 7) is 3.68. The first-order valence-corrected chi connectivity index (χ1v) is 4.20. The molecular weight excluding hydrogens is 166 g/mol. The van der Waals surface area contributed by atoms with Crippen molar-refractivity contribution in [1.29, 1.82) is 0 Å². The van der Waals surface area contributed by atoms with Crippen LogP contribution in [0.1, 0.15) is 25.6 Å². The molecule has 13 heavy (non-hydrogen) atoms. The van der Waals surface area contributed by atoms with Crippen LogP contribution in [0.15, 0.2) is 35.0 Å². The van der Waals surface area contributed by atoms with Crippen molar-refractivity contribution in [3.8, 4) is 0 Å². The van der Waals surface area contributed by atoms with Gasteiger partial charge in [-0.25, -0.2) is 0 Å². The van der Waals surface area contributed by atoms with Gasteiger partial charge in [0.2, 0.25) is 5.91 Å². The molecule has 1 heterocycles. The molecule has 1 aromatic rings. The van der Waals surface area contributed by atoms with Crippen LogP contribution in [0.3, 0.4) is 0 Å². The minimum Gasteiger partial charge on any atom is -0.467 e. The second kappa shape index (κ2) is 4.50. The molecule has 1 amide bonds. The van der Waals surface area contributed by atoms with E-state index >= 15 is 0 Å². The maximum atomic E-state index is 11.1. The Morgan fingerprint density at radius 2 is 2.46 bits per heavy atom. The van der Waals surface area contributed by atoms with Gasteiger partial charge in [0.25, 0.3) is 0 Å². The second-order valence-corrected chi connectivity index (χ2v) is 2.75. The van der Waals surface area contributed by atoms with Crippen molar-refractivity contribution in [2.75, 3.05) is 0 Å². The SMILES string of the molecule is C/C=C/C(=O)N[C@@H](C)c1ccco1. The molecule has 1 rings (SSSR count). The number of allylic oxidation sites excluding steroid dienone is 1. The average Bonchev–Trinajstić information content (AvgIpc) is 2.55. The van der Waals surface area contributed by atoms with Crippen molar-refractivity contribution >= 4 is 5.91 Å². The fourth-order valence-electron chi connectivity index (χ4n) is 1.02. The Morgan fingerprint density at radius 1 is 1.69 bits per heavy atom. The highest BCUT2D eigenvalue weighted by Gasteiger charge is 2.08. The third-order valence-electron chi connectivity index (χ3n) is 1.65. The highest BCUT2D eigenvalue weighted by Crippen LogP contribution is 2.11. The summed E-state index contributed by atoms with van der Waals surface area (Å²) in [5, 5.41) is 2.76. The Morgan fingerprint density at radius 3 is 3.00 bits per heavy atom. The molecule has 3 nitrogen and oxygen atoms in total. The summed E-state index contributed by atoms with van der Waals surface area (Å²) in [6.07, 6.45) is 4.78. The van der Waals surface area contributed by atoms with Gasteiger partial charge >= 0.3 is 0 Å². The molecule has 0 aliphatic carbocycles. The summed E-state index contributed by atoms with van der Waals surface area (Å²) in [4.78, 5) is 11.1. The first kappa shape index (κ1) is 9.58. The fourth-order valence-corrected chi connectivity index (χ4v) is 1.02. The Labute approximate surface area is 77.4 Å². The van der Waals surface area contributed by atoms with Crippen LogP contribution in [0.5, 0.6) is 0 Å². The minimum atomic E-state index is -0.105. The van der Waals surface area contributed by atoms with Crippen molar-refractivity contribution in [2.24, 2.45) is 0 Å². The molecule has 1 N–H and O–H groups in total.